The van der Waals surface area contributed by atoms with Crippen LogP contribution in [-0.4, -0.2) is 46.6 Å². The molecule has 1 aliphatic heterocycles. The van der Waals surface area contributed by atoms with Crippen LogP contribution in [0.15, 0.2) is 65.3 Å². The molecule has 0 aromatic heterocycles. The number of hydrogen-bond donors (Lipinski definition) is 2. The van der Waals surface area contributed by atoms with Crippen molar-refractivity contribution < 1.29 is 22.8 Å². The number of halogens is 4. The van der Waals surface area contributed by atoms with E-state index in [0.717, 1.165) is 0 Å². The molecule has 3 aromatic carbocycles. The first-order chi connectivity index (χ1) is 14.0. The van der Waals surface area contributed by atoms with E-state index in [9.17, 15) is 18.6 Å². The zero-order valence-electron chi connectivity index (χ0n) is 15.1. The second kappa shape index (κ2) is 8.14. The summed E-state index contributed by atoms with van der Waals surface area (Å²) in [4.78, 5) is 0.000461. The van der Waals surface area contributed by atoms with Gasteiger partial charge in [-0.05, 0) is 0 Å². The fourth-order valence-electron chi connectivity index (χ4n) is 3.53. The summed E-state index contributed by atoms with van der Waals surface area (Å²) in [6, 6.07) is 11.1. The Balaban J connectivity index is 2.22. The summed E-state index contributed by atoms with van der Waals surface area (Å²) in [5.41, 5.74) is -0.0857. The Kier molecular flexibility index (Phi) is 6.31. The van der Waals surface area contributed by atoms with Crippen LogP contribution in [0.25, 0.3) is 0 Å². The van der Waals surface area contributed by atoms with Crippen LogP contribution in [0.2, 0.25) is 0 Å². The summed E-state index contributed by atoms with van der Waals surface area (Å²) in [6.07, 6.45) is 0. The molecule has 0 saturated heterocycles. The Labute approximate surface area is 223 Å². The zero-order chi connectivity index (χ0) is 22.0. The van der Waals surface area contributed by atoms with Crippen molar-refractivity contribution in [1.82, 2.24) is 0 Å². The molecule has 1 unspecified atom stereocenters. The molecule has 11 heteroatoms. The van der Waals surface area contributed by atoms with E-state index >= 15 is 0 Å². The first-order valence-corrected chi connectivity index (χ1v) is 14.0. The molecule has 0 bridgehead atoms. The van der Waals surface area contributed by atoms with E-state index in [1.165, 1.54) is 18.2 Å². The van der Waals surface area contributed by atoms with E-state index in [1.54, 1.807) is 24.3 Å². The number of phenols is 2. The fraction of sp³-hybridized carbons (Fsp3) is 0.0526. The van der Waals surface area contributed by atoms with Crippen molar-refractivity contribution >= 4 is 105 Å². The molecule has 0 fully saturated rings. The van der Waals surface area contributed by atoms with Crippen molar-refractivity contribution in [2.75, 3.05) is 0 Å². The van der Waals surface area contributed by atoms with Gasteiger partial charge in [-0.15, -0.1) is 0 Å². The summed E-state index contributed by atoms with van der Waals surface area (Å²) < 4.78 is 35.1. The van der Waals surface area contributed by atoms with Crippen LogP contribution in [0.3, 0.4) is 0 Å². The normalized spacial score (nSPS) is 19.7. The van der Waals surface area contributed by atoms with Gasteiger partial charge in [0, 0.05) is 0 Å². The third-order valence-corrected chi connectivity index (χ3v) is 12.1. The Bertz CT molecular complexity index is 1310. The van der Waals surface area contributed by atoms with E-state index in [4.69, 9.17) is 4.18 Å². The van der Waals surface area contributed by atoms with Gasteiger partial charge in [0.25, 0.3) is 0 Å². The molecule has 3 aromatic rings. The average Bonchev–Trinajstić information content (AvgIpc) is 2.95. The number of hydrogen-bond acceptors (Lipinski definition) is 5. The molecule has 150 valence electrons. The first kappa shape index (κ1) is 23.3. The average molecular weight is 692 g/mol. The minimum atomic E-state index is -4.18. The standard InChI is InChI=1S/C19H9Br4O5S.Na/c20-14-13-18(17(23)16(22)15(14)21)29(26,27)28-19(13,9-1-5-11(24)6-2-9)10-3-7-12(25)8-4-10;/h1-7,24-25H;. The summed E-state index contributed by atoms with van der Waals surface area (Å²) >= 11 is 14.4. The molecule has 0 amide bonds. The Morgan fingerprint density at radius 1 is 0.833 bits per heavy atom. The van der Waals surface area contributed by atoms with Crippen LogP contribution < -0.4 is 2.81 Å². The number of benzene rings is 3. The van der Waals surface area contributed by atoms with E-state index in [1.807, 2.05) is 0 Å². The van der Waals surface area contributed by atoms with E-state index in [2.05, 4.69) is 63.7 Å². The summed E-state index contributed by atoms with van der Waals surface area (Å²) in [6.45, 7) is 0. The van der Waals surface area contributed by atoms with Crippen LogP contribution >= 0.6 is 63.7 Å². The molecular weight excluding hydrogens is 683 g/mol. The Hall–Kier alpha value is 0.0900. The van der Waals surface area contributed by atoms with Crippen LogP contribution in [-0.2, 0) is 19.9 Å². The van der Waals surface area contributed by atoms with Crippen molar-refractivity contribution in [3.63, 3.8) is 0 Å². The Morgan fingerprint density at radius 2 is 1.40 bits per heavy atom. The van der Waals surface area contributed by atoms with Gasteiger partial charge >= 0.3 is 226 Å². The van der Waals surface area contributed by atoms with Crippen molar-refractivity contribution in [2.45, 2.75) is 10.5 Å². The molecule has 0 spiro atoms. The Morgan fingerprint density at radius 3 is 2.00 bits per heavy atom. The minimum absolute atomic E-state index is 0.000461. The number of fused-ring (bicyclic) bond motifs is 1. The second-order valence-corrected chi connectivity index (χ2v) is 12.5. The van der Waals surface area contributed by atoms with E-state index in [-0.39, 0.29) is 16.4 Å². The van der Waals surface area contributed by atoms with Crippen LogP contribution in [0, 0.1) is 0 Å². The second-order valence-electron chi connectivity index (χ2n) is 6.73. The van der Waals surface area contributed by atoms with Gasteiger partial charge in [0.1, 0.15) is 0 Å². The van der Waals surface area contributed by atoms with Gasteiger partial charge in [-0.1, -0.05) is 0 Å². The zero-order valence-corrected chi connectivity index (χ0v) is 24.2. The molecule has 2 N–H and O–H groups in total. The molecule has 0 saturated carbocycles. The third kappa shape index (κ3) is 3.47. The molecular formula is C19H9Br4NaO5S. The van der Waals surface area contributed by atoms with Crippen molar-refractivity contribution in [1.29, 1.82) is 0 Å². The van der Waals surface area contributed by atoms with Gasteiger partial charge in [-0.3, -0.25) is 0 Å². The number of phenolic OH excluding ortho intramolecular Hbond substituents is 2. The van der Waals surface area contributed by atoms with E-state index in [0.29, 0.717) is 65.3 Å². The third-order valence-electron chi connectivity index (χ3n) is 4.94. The first-order valence-electron chi connectivity index (χ1n) is 8.42. The summed E-state index contributed by atoms with van der Waals surface area (Å²) in [5, 5.41) is 19.9. The topological polar surface area (TPSA) is 83.8 Å². The van der Waals surface area contributed by atoms with Gasteiger partial charge in [0.2, 0.25) is 0 Å². The van der Waals surface area contributed by atoms with Crippen LogP contribution in [0.5, 0.6) is 11.5 Å². The molecule has 1 aliphatic rings. The monoisotopic (exact) mass is 688 g/mol. The van der Waals surface area contributed by atoms with Gasteiger partial charge in [0.05, 0.1) is 0 Å². The van der Waals surface area contributed by atoms with Crippen LogP contribution in [0.4, 0.5) is 0 Å². The number of rotatable bonds is 2. The maximum atomic E-state index is 13.3. The van der Waals surface area contributed by atoms with Crippen molar-refractivity contribution in [3.8, 4) is 11.5 Å². The molecule has 30 heavy (non-hydrogen) atoms. The molecule has 5 nitrogen and oxygen atoms in total. The van der Waals surface area contributed by atoms with Crippen LogP contribution in [0.1, 0.15) is 16.7 Å². The summed E-state index contributed by atoms with van der Waals surface area (Å²) in [5.74, 6) is 0.186. The van der Waals surface area contributed by atoms with Crippen molar-refractivity contribution in [3.05, 3.63) is 77.0 Å². The molecule has 1 heterocycles. The van der Waals surface area contributed by atoms with Gasteiger partial charge in [-0.25, -0.2) is 0 Å². The summed E-state index contributed by atoms with van der Waals surface area (Å²) in [7, 11) is -4.18. The van der Waals surface area contributed by atoms with Crippen molar-refractivity contribution in [2.24, 2.45) is 0 Å². The van der Waals surface area contributed by atoms with Gasteiger partial charge in [0.15, 0.2) is 0 Å². The van der Waals surface area contributed by atoms with E-state index < -0.39 is 15.7 Å². The predicted octanol–water partition coefficient (Wildman–Crippen LogP) is 4.95. The molecule has 0 radical (unpaired) electrons. The molecule has 4 rings (SSSR count). The maximum absolute atomic E-state index is 13.3. The van der Waals surface area contributed by atoms with Gasteiger partial charge < -0.3 is 0 Å². The fourth-order valence-corrected chi connectivity index (χ4v) is 8.77. The number of aromatic hydroxyl groups is 2. The SMILES string of the molecule is O=S1(=O)OC(c2ccc(O)cc2)(c2ccc(O)[c]([Na])c2)c2c(Br)c(Br)c(Br)c(Br)c21. The quantitative estimate of drug-likeness (QED) is 0.172. The molecule has 0 aliphatic carbocycles. The van der Waals surface area contributed by atoms with Gasteiger partial charge in [-0.2, -0.15) is 0 Å². The molecule has 1 atom stereocenters. The predicted molar refractivity (Wildman–Crippen MR) is 127 cm³/mol.